The standard InChI is InChI=1S/C13H11N3O3.C2H6/c1-15-12(18)10(6-14-13(15)19)16-7-8-4-2-3-5-9(8)11(16)17;1-2/h2-6H,7H2,1H3,(H,14,19);1-2H3. The maximum Gasteiger partial charge on any atom is 0.328 e. The van der Waals surface area contributed by atoms with Crippen LogP contribution in [0.5, 0.6) is 0 Å². The molecule has 2 heterocycles. The van der Waals surface area contributed by atoms with Crippen molar-refractivity contribution in [2.45, 2.75) is 20.4 Å². The number of aromatic nitrogens is 2. The van der Waals surface area contributed by atoms with E-state index in [1.54, 1.807) is 12.1 Å². The van der Waals surface area contributed by atoms with Crippen LogP contribution in [-0.2, 0) is 13.6 Å². The minimum Gasteiger partial charge on any atom is -0.312 e. The van der Waals surface area contributed by atoms with Crippen LogP contribution in [0.3, 0.4) is 0 Å². The van der Waals surface area contributed by atoms with Gasteiger partial charge >= 0.3 is 5.69 Å². The lowest BCUT2D eigenvalue weighted by atomic mass is 10.1. The fourth-order valence-corrected chi connectivity index (χ4v) is 2.20. The highest BCUT2D eigenvalue weighted by molar-refractivity contribution is 6.09. The SMILES string of the molecule is CC.Cn1c(=O)[nH]cc(N2Cc3ccccc3C2=O)c1=O. The van der Waals surface area contributed by atoms with Crippen LogP contribution >= 0.6 is 0 Å². The molecule has 0 spiro atoms. The molecule has 1 amide bonds. The molecule has 6 heteroatoms. The molecule has 0 saturated carbocycles. The van der Waals surface area contributed by atoms with E-state index in [4.69, 9.17) is 0 Å². The summed E-state index contributed by atoms with van der Waals surface area (Å²) in [4.78, 5) is 39.4. The summed E-state index contributed by atoms with van der Waals surface area (Å²) in [6.07, 6.45) is 1.29. The third kappa shape index (κ3) is 2.40. The number of nitrogens with zero attached hydrogens (tertiary/aromatic N) is 2. The number of H-pyrrole nitrogens is 1. The summed E-state index contributed by atoms with van der Waals surface area (Å²) in [6, 6.07) is 7.21. The number of hydrogen-bond donors (Lipinski definition) is 1. The average molecular weight is 287 g/mol. The molecular weight excluding hydrogens is 270 g/mol. The van der Waals surface area contributed by atoms with Crippen molar-refractivity contribution in [2.75, 3.05) is 4.90 Å². The first-order valence-electron chi connectivity index (χ1n) is 6.78. The molecule has 0 aliphatic carbocycles. The molecule has 0 fully saturated rings. The maximum atomic E-state index is 12.2. The fraction of sp³-hybridized carbons (Fsp3) is 0.267. The van der Waals surface area contributed by atoms with Crippen LogP contribution in [0.15, 0.2) is 40.1 Å². The van der Waals surface area contributed by atoms with Gasteiger partial charge in [-0.2, -0.15) is 0 Å². The zero-order valence-corrected chi connectivity index (χ0v) is 12.2. The van der Waals surface area contributed by atoms with E-state index in [9.17, 15) is 14.4 Å². The van der Waals surface area contributed by atoms with Gasteiger partial charge in [-0.25, -0.2) is 4.79 Å². The summed E-state index contributed by atoms with van der Waals surface area (Å²) in [5.74, 6) is -0.222. The molecule has 2 aromatic rings. The Morgan fingerprint density at radius 3 is 2.43 bits per heavy atom. The smallest absolute Gasteiger partial charge is 0.312 e. The Kier molecular flexibility index (Phi) is 4.07. The van der Waals surface area contributed by atoms with Gasteiger partial charge in [0.15, 0.2) is 0 Å². The van der Waals surface area contributed by atoms with Crippen molar-refractivity contribution in [3.05, 3.63) is 62.4 Å². The van der Waals surface area contributed by atoms with Gasteiger partial charge in [-0.05, 0) is 11.6 Å². The second kappa shape index (κ2) is 5.78. The van der Waals surface area contributed by atoms with Crippen LogP contribution in [0, 0.1) is 0 Å². The number of rotatable bonds is 1. The van der Waals surface area contributed by atoms with E-state index in [1.165, 1.54) is 18.1 Å². The van der Waals surface area contributed by atoms with Crippen LogP contribution in [0.25, 0.3) is 0 Å². The number of anilines is 1. The summed E-state index contributed by atoms with van der Waals surface area (Å²) in [5, 5.41) is 0. The van der Waals surface area contributed by atoms with Gasteiger partial charge < -0.3 is 4.98 Å². The summed E-state index contributed by atoms with van der Waals surface area (Å²) >= 11 is 0. The van der Waals surface area contributed by atoms with Crippen molar-refractivity contribution in [1.82, 2.24) is 9.55 Å². The molecule has 0 unspecified atom stereocenters. The highest BCUT2D eigenvalue weighted by atomic mass is 16.2. The van der Waals surface area contributed by atoms with Crippen molar-refractivity contribution in [3.8, 4) is 0 Å². The van der Waals surface area contributed by atoms with Crippen molar-refractivity contribution < 1.29 is 4.79 Å². The Bertz CT molecular complexity index is 789. The first-order chi connectivity index (χ1) is 10.1. The quantitative estimate of drug-likeness (QED) is 0.858. The molecule has 1 N–H and O–H groups in total. The van der Waals surface area contributed by atoms with E-state index in [1.807, 2.05) is 26.0 Å². The lowest BCUT2D eigenvalue weighted by molar-refractivity contribution is 0.0996. The van der Waals surface area contributed by atoms with Gasteiger partial charge in [0.1, 0.15) is 5.69 Å². The number of carbonyl (C=O) groups is 1. The van der Waals surface area contributed by atoms with Gasteiger partial charge in [0.2, 0.25) is 0 Å². The molecule has 0 atom stereocenters. The molecule has 3 rings (SSSR count). The van der Waals surface area contributed by atoms with Gasteiger partial charge in [0.25, 0.3) is 11.5 Å². The Labute approximate surface area is 121 Å². The number of aromatic amines is 1. The van der Waals surface area contributed by atoms with Crippen molar-refractivity contribution >= 4 is 11.6 Å². The van der Waals surface area contributed by atoms with Crippen molar-refractivity contribution in [2.24, 2.45) is 7.05 Å². The normalized spacial score (nSPS) is 12.7. The summed E-state index contributed by atoms with van der Waals surface area (Å²) in [6.45, 7) is 4.34. The Hall–Kier alpha value is -2.63. The van der Waals surface area contributed by atoms with E-state index < -0.39 is 11.2 Å². The Morgan fingerprint density at radius 2 is 1.76 bits per heavy atom. The zero-order valence-electron chi connectivity index (χ0n) is 12.2. The minimum absolute atomic E-state index is 0.184. The largest absolute Gasteiger partial charge is 0.328 e. The summed E-state index contributed by atoms with van der Waals surface area (Å²) in [5.41, 5.74) is 0.669. The molecule has 1 aliphatic rings. The summed E-state index contributed by atoms with van der Waals surface area (Å²) < 4.78 is 0.950. The molecule has 110 valence electrons. The molecule has 0 radical (unpaired) electrons. The molecule has 0 saturated heterocycles. The minimum atomic E-state index is -0.502. The number of hydrogen-bond acceptors (Lipinski definition) is 3. The molecule has 0 bridgehead atoms. The van der Waals surface area contributed by atoms with Crippen LogP contribution in [0.2, 0.25) is 0 Å². The lowest BCUT2D eigenvalue weighted by Crippen LogP contribution is -2.38. The highest BCUT2D eigenvalue weighted by Crippen LogP contribution is 2.25. The molecule has 1 aromatic carbocycles. The molecule has 6 nitrogen and oxygen atoms in total. The van der Waals surface area contributed by atoms with Crippen LogP contribution < -0.4 is 16.1 Å². The Morgan fingerprint density at radius 1 is 1.10 bits per heavy atom. The van der Waals surface area contributed by atoms with Gasteiger partial charge in [-0.15, -0.1) is 0 Å². The second-order valence-corrected chi connectivity index (χ2v) is 4.39. The van der Waals surface area contributed by atoms with Crippen molar-refractivity contribution in [1.29, 1.82) is 0 Å². The number of benzene rings is 1. The van der Waals surface area contributed by atoms with Gasteiger partial charge in [-0.3, -0.25) is 19.1 Å². The lowest BCUT2D eigenvalue weighted by Gasteiger charge is -2.14. The fourth-order valence-electron chi connectivity index (χ4n) is 2.20. The Balaban J connectivity index is 0.000000774. The monoisotopic (exact) mass is 287 g/mol. The molecule has 1 aliphatic heterocycles. The van der Waals surface area contributed by atoms with Gasteiger partial charge in [0, 0.05) is 18.8 Å². The summed E-state index contributed by atoms with van der Waals surface area (Å²) in [7, 11) is 1.37. The average Bonchev–Trinajstić information content (AvgIpc) is 2.85. The van der Waals surface area contributed by atoms with Gasteiger partial charge in [-0.1, -0.05) is 32.0 Å². The molecule has 21 heavy (non-hydrogen) atoms. The van der Waals surface area contributed by atoms with Crippen LogP contribution in [0.1, 0.15) is 29.8 Å². The van der Waals surface area contributed by atoms with E-state index in [2.05, 4.69) is 4.98 Å². The van der Waals surface area contributed by atoms with E-state index in [-0.39, 0.29) is 11.6 Å². The predicted molar refractivity (Wildman–Crippen MR) is 80.6 cm³/mol. The first kappa shape index (κ1) is 14.8. The number of amides is 1. The van der Waals surface area contributed by atoms with E-state index in [0.717, 1.165) is 10.1 Å². The number of nitrogens with one attached hydrogen (secondary N) is 1. The maximum absolute atomic E-state index is 12.2. The van der Waals surface area contributed by atoms with Crippen LogP contribution in [0.4, 0.5) is 5.69 Å². The topological polar surface area (TPSA) is 75.2 Å². The highest BCUT2D eigenvalue weighted by Gasteiger charge is 2.29. The van der Waals surface area contributed by atoms with Crippen LogP contribution in [-0.4, -0.2) is 15.5 Å². The second-order valence-electron chi connectivity index (χ2n) is 4.39. The number of carbonyl (C=O) groups excluding carboxylic acids is 1. The van der Waals surface area contributed by atoms with E-state index in [0.29, 0.717) is 12.1 Å². The number of fused-ring (bicyclic) bond motifs is 1. The third-order valence-electron chi connectivity index (χ3n) is 3.27. The molecule has 1 aromatic heterocycles. The first-order valence-corrected chi connectivity index (χ1v) is 6.78. The van der Waals surface area contributed by atoms with Crippen molar-refractivity contribution in [3.63, 3.8) is 0 Å². The van der Waals surface area contributed by atoms with E-state index >= 15 is 0 Å². The van der Waals surface area contributed by atoms with Gasteiger partial charge in [0.05, 0.1) is 6.54 Å². The zero-order chi connectivity index (χ0) is 15.6. The molecular formula is C15H17N3O3. The third-order valence-corrected chi connectivity index (χ3v) is 3.27. The predicted octanol–water partition coefficient (Wildman–Crippen LogP) is 1.26.